The summed E-state index contributed by atoms with van der Waals surface area (Å²) in [5.74, 6) is 0. The second-order valence-electron chi connectivity index (χ2n) is 6.04. The molecule has 5 rings (SSSR count). The van der Waals surface area contributed by atoms with Crippen LogP contribution in [0.2, 0.25) is 0 Å². The van der Waals surface area contributed by atoms with E-state index < -0.39 is 0 Å². The topological polar surface area (TPSA) is 30.2 Å². The Morgan fingerprint density at radius 1 is 0.875 bits per heavy atom. The molecule has 3 heteroatoms. The zero-order valence-corrected chi connectivity index (χ0v) is 13.3. The van der Waals surface area contributed by atoms with Gasteiger partial charge in [-0.2, -0.15) is 0 Å². The average Bonchev–Trinajstić information content (AvgIpc) is 3.04. The van der Waals surface area contributed by atoms with Crippen LogP contribution in [0.5, 0.6) is 0 Å². The van der Waals surface area contributed by atoms with Gasteiger partial charge in [0.1, 0.15) is 5.65 Å². The molecule has 24 heavy (non-hydrogen) atoms. The van der Waals surface area contributed by atoms with Crippen LogP contribution in [0.25, 0.3) is 38.6 Å². The fourth-order valence-corrected chi connectivity index (χ4v) is 3.50. The van der Waals surface area contributed by atoms with Crippen molar-refractivity contribution < 1.29 is 0 Å². The molecule has 0 aliphatic carbocycles. The van der Waals surface area contributed by atoms with E-state index in [0.29, 0.717) is 0 Å². The first-order valence-electron chi connectivity index (χ1n) is 8.03. The first kappa shape index (κ1) is 13.3. The van der Waals surface area contributed by atoms with Crippen LogP contribution < -0.4 is 0 Å². The Balaban J connectivity index is 2.08. The Labute approximate surface area is 139 Å². The monoisotopic (exact) mass is 309 g/mol. The highest BCUT2D eigenvalue weighted by Gasteiger charge is 2.14. The molecule has 5 aromatic rings. The van der Waals surface area contributed by atoms with Crippen molar-refractivity contribution in [2.45, 2.75) is 6.92 Å². The van der Waals surface area contributed by atoms with E-state index in [-0.39, 0.29) is 0 Å². The molecule has 114 valence electrons. The third kappa shape index (κ3) is 1.78. The molecule has 3 nitrogen and oxygen atoms in total. The number of benzene rings is 2. The van der Waals surface area contributed by atoms with Crippen molar-refractivity contribution in [1.29, 1.82) is 0 Å². The molecule has 0 aliphatic heterocycles. The number of imidazole rings is 1. The second kappa shape index (κ2) is 4.90. The van der Waals surface area contributed by atoms with E-state index >= 15 is 0 Å². The number of aromatic nitrogens is 3. The molecule has 3 heterocycles. The molecule has 0 saturated heterocycles. The highest BCUT2D eigenvalue weighted by molar-refractivity contribution is 6.15. The van der Waals surface area contributed by atoms with E-state index in [9.17, 15) is 0 Å². The lowest BCUT2D eigenvalue weighted by Crippen LogP contribution is -1.93. The van der Waals surface area contributed by atoms with Crippen LogP contribution in [0.4, 0.5) is 0 Å². The lowest BCUT2D eigenvalue weighted by molar-refractivity contribution is 1.26. The summed E-state index contributed by atoms with van der Waals surface area (Å²) >= 11 is 0. The maximum absolute atomic E-state index is 4.72. The molecule has 0 unspecified atom stereocenters. The van der Waals surface area contributed by atoms with E-state index in [1.807, 2.05) is 25.3 Å². The maximum atomic E-state index is 4.72. The molecule has 0 atom stereocenters. The maximum Gasteiger partial charge on any atom is 0.147 e. The van der Waals surface area contributed by atoms with E-state index in [4.69, 9.17) is 9.97 Å². The highest BCUT2D eigenvalue weighted by Crippen LogP contribution is 2.35. The number of hydrogen-bond donors (Lipinski definition) is 0. The third-order valence-corrected chi connectivity index (χ3v) is 4.50. The summed E-state index contributed by atoms with van der Waals surface area (Å²) in [6, 6.07) is 21.0. The zero-order chi connectivity index (χ0) is 16.1. The number of pyridine rings is 2. The Kier molecular flexibility index (Phi) is 2.71. The Morgan fingerprint density at radius 2 is 1.75 bits per heavy atom. The van der Waals surface area contributed by atoms with Gasteiger partial charge < -0.3 is 0 Å². The van der Waals surface area contributed by atoms with E-state index in [1.54, 1.807) is 0 Å². The molecule has 0 amide bonds. The molecule has 0 spiro atoms. The molecule has 0 fully saturated rings. The average molecular weight is 309 g/mol. The first-order valence-corrected chi connectivity index (χ1v) is 8.03. The summed E-state index contributed by atoms with van der Waals surface area (Å²) in [5.41, 5.74) is 6.52. The van der Waals surface area contributed by atoms with Gasteiger partial charge in [-0.15, -0.1) is 0 Å². The molecule has 0 bridgehead atoms. The minimum absolute atomic E-state index is 0.966. The predicted octanol–water partition coefficient (Wildman–Crippen LogP) is 5.01. The quantitative estimate of drug-likeness (QED) is 0.407. The van der Waals surface area contributed by atoms with Gasteiger partial charge in [-0.1, -0.05) is 42.5 Å². The minimum atomic E-state index is 0.966. The Morgan fingerprint density at radius 3 is 2.62 bits per heavy atom. The van der Waals surface area contributed by atoms with Gasteiger partial charge in [0.15, 0.2) is 0 Å². The molecule has 0 saturated carbocycles. The van der Waals surface area contributed by atoms with Crippen LogP contribution in [-0.2, 0) is 0 Å². The van der Waals surface area contributed by atoms with Crippen molar-refractivity contribution in [2.75, 3.05) is 0 Å². The van der Waals surface area contributed by atoms with Gasteiger partial charge in [0.2, 0.25) is 0 Å². The van der Waals surface area contributed by atoms with Crippen LogP contribution in [0.1, 0.15) is 5.69 Å². The number of aryl methyl sites for hydroxylation is 1. The van der Waals surface area contributed by atoms with E-state index in [2.05, 4.69) is 59.1 Å². The summed E-state index contributed by atoms with van der Waals surface area (Å²) in [6.07, 6.45) is 3.95. The molecular formula is C21H15N3. The largest absolute Gasteiger partial charge is 0.299 e. The van der Waals surface area contributed by atoms with Gasteiger partial charge in [0.05, 0.1) is 16.7 Å². The van der Waals surface area contributed by atoms with Crippen LogP contribution >= 0.6 is 0 Å². The predicted molar refractivity (Wildman–Crippen MR) is 98.2 cm³/mol. The van der Waals surface area contributed by atoms with Crippen molar-refractivity contribution in [1.82, 2.24) is 14.4 Å². The lowest BCUT2D eigenvalue weighted by atomic mass is 9.98. The Hall–Kier alpha value is -3.20. The molecule has 0 aliphatic rings. The van der Waals surface area contributed by atoms with Gasteiger partial charge in [-0.05, 0) is 36.2 Å². The standard InChI is InChI=1S/C21H15N3/c1-14-13-24-18-11-5-9-16(15-7-3-2-4-8-15)19(18)20-17(21(24)23-14)10-6-12-22-20/h2-13H,1H3. The minimum Gasteiger partial charge on any atom is -0.299 e. The molecule has 3 aromatic heterocycles. The highest BCUT2D eigenvalue weighted by atomic mass is 15.0. The number of nitrogens with zero attached hydrogens (tertiary/aromatic N) is 3. The van der Waals surface area contributed by atoms with Gasteiger partial charge in [-0.25, -0.2) is 4.98 Å². The van der Waals surface area contributed by atoms with Crippen molar-refractivity contribution in [3.05, 3.63) is 78.8 Å². The number of hydrogen-bond acceptors (Lipinski definition) is 2. The lowest BCUT2D eigenvalue weighted by Gasteiger charge is -2.12. The van der Waals surface area contributed by atoms with Gasteiger partial charge >= 0.3 is 0 Å². The van der Waals surface area contributed by atoms with Crippen LogP contribution in [-0.4, -0.2) is 14.4 Å². The summed E-state index contributed by atoms with van der Waals surface area (Å²) in [5, 5.41) is 2.26. The van der Waals surface area contributed by atoms with Crippen molar-refractivity contribution in [3.63, 3.8) is 0 Å². The SMILES string of the molecule is Cc1cn2c3cccc(-c4ccccc4)c3c3ncccc3c2n1. The van der Waals surface area contributed by atoms with E-state index in [0.717, 1.165) is 27.8 Å². The molecule has 0 N–H and O–H groups in total. The van der Waals surface area contributed by atoms with Crippen LogP contribution in [0, 0.1) is 6.92 Å². The second-order valence-corrected chi connectivity index (χ2v) is 6.04. The van der Waals surface area contributed by atoms with Gasteiger partial charge in [-0.3, -0.25) is 9.38 Å². The van der Waals surface area contributed by atoms with Crippen LogP contribution in [0.15, 0.2) is 73.1 Å². The van der Waals surface area contributed by atoms with Crippen molar-refractivity contribution in [3.8, 4) is 11.1 Å². The summed E-state index contributed by atoms with van der Waals surface area (Å²) in [4.78, 5) is 9.42. The Bertz CT molecular complexity index is 1200. The summed E-state index contributed by atoms with van der Waals surface area (Å²) < 4.78 is 2.18. The normalized spacial score (nSPS) is 11.5. The smallest absolute Gasteiger partial charge is 0.147 e. The van der Waals surface area contributed by atoms with Gasteiger partial charge in [0.25, 0.3) is 0 Å². The number of fused-ring (bicyclic) bond motifs is 6. The molecule has 0 radical (unpaired) electrons. The number of rotatable bonds is 1. The zero-order valence-electron chi connectivity index (χ0n) is 13.3. The fourth-order valence-electron chi connectivity index (χ4n) is 3.50. The van der Waals surface area contributed by atoms with Crippen LogP contribution in [0.3, 0.4) is 0 Å². The third-order valence-electron chi connectivity index (χ3n) is 4.50. The molecule has 2 aromatic carbocycles. The van der Waals surface area contributed by atoms with Gasteiger partial charge in [0, 0.05) is 23.2 Å². The molecular weight excluding hydrogens is 294 g/mol. The summed E-state index contributed by atoms with van der Waals surface area (Å²) in [7, 11) is 0. The fraction of sp³-hybridized carbons (Fsp3) is 0.0476. The van der Waals surface area contributed by atoms with Crippen molar-refractivity contribution >= 4 is 27.5 Å². The van der Waals surface area contributed by atoms with E-state index in [1.165, 1.54) is 16.5 Å². The van der Waals surface area contributed by atoms with Crippen molar-refractivity contribution in [2.24, 2.45) is 0 Å². The summed E-state index contributed by atoms with van der Waals surface area (Å²) in [6.45, 7) is 2.03. The first-order chi connectivity index (χ1) is 11.8.